The normalized spacial score (nSPS) is 10.1. The molecule has 0 bridgehead atoms. The van der Waals surface area contributed by atoms with Crippen molar-refractivity contribution in [2.75, 3.05) is 11.5 Å². The molecule has 0 spiro atoms. The Kier molecular flexibility index (Phi) is 6.58. The molecular formula is C12H14S4. The third-order valence-corrected chi connectivity index (χ3v) is 4.64. The lowest BCUT2D eigenvalue weighted by molar-refractivity contribution is 1.54. The van der Waals surface area contributed by atoms with Gasteiger partial charge in [-0.15, -0.1) is 23.5 Å². The Morgan fingerprint density at radius 3 is 1.81 bits per heavy atom. The van der Waals surface area contributed by atoms with Crippen LogP contribution in [-0.4, -0.2) is 19.9 Å². The summed E-state index contributed by atoms with van der Waals surface area (Å²) >= 11 is 14.1. The van der Waals surface area contributed by atoms with Gasteiger partial charge in [0, 0.05) is 0 Å². The maximum Gasteiger partial charge on any atom is 0.0778 e. The fourth-order valence-electron chi connectivity index (χ4n) is 1.20. The van der Waals surface area contributed by atoms with Crippen molar-refractivity contribution in [1.82, 2.24) is 0 Å². The van der Waals surface area contributed by atoms with E-state index < -0.39 is 0 Å². The van der Waals surface area contributed by atoms with Gasteiger partial charge in [-0.05, 0) is 28.7 Å². The highest BCUT2D eigenvalue weighted by atomic mass is 32.2. The van der Waals surface area contributed by atoms with Crippen molar-refractivity contribution in [2.24, 2.45) is 0 Å². The van der Waals surface area contributed by atoms with Crippen molar-refractivity contribution < 1.29 is 0 Å². The van der Waals surface area contributed by atoms with E-state index >= 15 is 0 Å². The maximum atomic E-state index is 5.34. The molecule has 0 fully saturated rings. The predicted molar refractivity (Wildman–Crippen MR) is 86.1 cm³/mol. The van der Waals surface area contributed by atoms with Gasteiger partial charge in [0.2, 0.25) is 0 Å². The van der Waals surface area contributed by atoms with Crippen LogP contribution in [0.25, 0.3) is 0 Å². The summed E-state index contributed by atoms with van der Waals surface area (Å²) in [5, 5.41) is 0. The summed E-state index contributed by atoms with van der Waals surface area (Å²) in [5.74, 6) is 2.02. The lowest BCUT2D eigenvalue weighted by Gasteiger charge is -2.06. The van der Waals surface area contributed by atoms with E-state index in [0.717, 1.165) is 31.0 Å². The smallest absolute Gasteiger partial charge is 0.0778 e. The lowest BCUT2D eigenvalue weighted by Crippen LogP contribution is -1.97. The third-order valence-electron chi connectivity index (χ3n) is 1.88. The van der Waals surface area contributed by atoms with Crippen molar-refractivity contribution in [2.45, 2.75) is 13.8 Å². The molecule has 0 aromatic heterocycles. The summed E-state index contributed by atoms with van der Waals surface area (Å²) in [4.78, 5) is 0. The van der Waals surface area contributed by atoms with Gasteiger partial charge in [-0.2, -0.15) is 0 Å². The van der Waals surface area contributed by atoms with Gasteiger partial charge in [0.1, 0.15) is 0 Å². The van der Waals surface area contributed by atoms with E-state index in [4.69, 9.17) is 24.4 Å². The van der Waals surface area contributed by atoms with Gasteiger partial charge in [0.15, 0.2) is 0 Å². The fourth-order valence-corrected chi connectivity index (χ4v) is 3.27. The van der Waals surface area contributed by atoms with Crippen molar-refractivity contribution in [3.8, 4) is 0 Å². The number of hydrogen-bond acceptors (Lipinski definition) is 4. The van der Waals surface area contributed by atoms with E-state index in [-0.39, 0.29) is 0 Å². The van der Waals surface area contributed by atoms with Crippen LogP contribution in [0.5, 0.6) is 0 Å². The molecule has 0 atom stereocenters. The highest BCUT2D eigenvalue weighted by molar-refractivity contribution is 8.24. The first-order valence-corrected chi connectivity index (χ1v) is 7.92. The molecule has 0 unspecified atom stereocenters. The number of thioether (sulfide) groups is 2. The number of thiocarbonyl (C=S) groups is 2. The first-order chi connectivity index (χ1) is 7.69. The van der Waals surface area contributed by atoms with Crippen LogP contribution in [0.15, 0.2) is 24.3 Å². The molecule has 0 heterocycles. The van der Waals surface area contributed by atoms with Crippen LogP contribution in [0.1, 0.15) is 25.0 Å². The predicted octanol–water partition coefficient (Wildman–Crippen LogP) is 4.54. The summed E-state index contributed by atoms with van der Waals surface area (Å²) in [5.41, 5.74) is 2.22. The van der Waals surface area contributed by atoms with Crippen LogP contribution in [0.4, 0.5) is 0 Å². The molecule has 0 aliphatic rings. The van der Waals surface area contributed by atoms with E-state index in [9.17, 15) is 0 Å². The summed E-state index contributed by atoms with van der Waals surface area (Å²) in [6, 6.07) is 8.22. The monoisotopic (exact) mass is 286 g/mol. The molecule has 1 rings (SSSR count). The average molecular weight is 287 g/mol. The Morgan fingerprint density at radius 1 is 1.00 bits per heavy atom. The average Bonchev–Trinajstić information content (AvgIpc) is 2.30. The van der Waals surface area contributed by atoms with Gasteiger partial charge in [0.05, 0.1) is 8.39 Å². The van der Waals surface area contributed by atoms with Gasteiger partial charge in [-0.3, -0.25) is 0 Å². The SMILES string of the molecule is CCSC(=S)c1cccc(C(=S)SCC)c1. The molecular weight excluding hydrogens is 272 g/mol. The largest absolute Gasteiger partial charge is 0.114 e. The van der Waals surface area contributed by atoms with Gasteiger partial charge in [-0.25, -0.2) is 0 Å². The van der Waals surface area contributed by atoms with Crippen molar-refractivity contribution in [3.63, 3.8) is 0 Å². The molecule has 0 radical (unpaired) electrons. The van der Waals surface area contributed by atoms with Crippen LogP contribution in [-0.2, 0) is 0 Å². The van der Waals surface area contributed by atoms with Crippen molar-refractivity contribution in [3.05, 3.63) is 35.4 Å². The first-order valence-electron chi connectivity index (χ1n) is 5.13. The molecule has 16 heavy (non-hydrogen) atoms. The summed E-state index contributed by atoms with van der Waals surface area (Å²) in [6.07, 6.45) is 0. The topological polar surface area (TPSA) is 0 Å². The summed E-state index contributed by atoms with van der Waals surface area (Å²) in [6.45, 7) is 4.22. The van der Waals surface area contributed by atoms with E-state index in [1.54, 1.807) is 23.5 Å². The molecule has 0 nitrogen and oxygen atoms in total. The molecule has 1 aromatic carbocycles. The highest BCUT2D eigenvalue weighted by Crippen LogP contribution is 2.19. The number of hydrogen-bond donors (Lipinski definition) is 0. The summed E-state index contributed by atoms with van der Waals surface area (Å²) in [7, 11) is 0. The zero-order valence-corrected chi connectivity index (χ0v) is 12.6. The van der Waals surface area contributed by atoms with E-state index in [1.165, 1.54) is 0 Å². The Balaban J connectivity index is 2.86. The Hall–Kier alpha value is 0.1000. The molecule has 0 saturated heterocycles. The second kappa shape index (κ2) is 7.43. The van der Waals surface area contributed by atoms with E-state index in [0.29, 0.717) is 0 Å². The van der Waals surface area contributed by atoms with Gasteiger partial charge in [0.25, 0.3) is 0 Å². The molecule has 0 N–H and O–H groups in total. The second-order valence-corrected chi connectivity index (χ2v) is 6.90. The van der Waals surface area contributed by atoms with Crippen LogP contribution in [0, 0.1) is 0 Å². The zero-order chi connectivity index (χ0) is 12.0. The summed E-state index contributed by atoms with van der Waals surface area (Å²) < 4.78 is 1.90. The van der Waals surface area contributed by atoms with Crippen LogP contribution >= 0.6 is 48.0 Å². The first kappa shape index (κ1) is 14.2. The van der Waals surface area contributed by atoms with Crippen molar-refractivity contribution >= 4 is 56.4 Å². The Morgan fingerprint density at radius 2 is 1.44 bits per heavy atom. The minimum Gasteiger partial charge on any atom is -0.114 e. The quantitative estimate of drug-likeness (QED) is 0.745. The third kappa shape index (κ3) is 4.17. The minimum atomic E-state index is 0.952. The van der Waals surface area contributed by atoms with Crippen LogP contribution in [0.3, 0.4) is 0 Å². The van der Waals surface area contributed by atoms with E-state index in [2.05, 4.69) is 19.9 Å². The fraction of sp³-hybridized carbons (Fsp3) is 0.333. The van der Waals surface area contributed by atoms with Crippen molar-refractivity contribution in [1.29, 1.82) is 0 Å². The Bertz CT molecular complexity index is 351. The molecule has 0 amide bonds. The van der Waals surface area contributed by atoms with Gasteiger partial charge >= 0.3 is 0 Å². The number of rotatable bonds is 4. The molecule has 0 aliphatic carbocycles. The molecule has 4 heteroatoms. The second-order valence-electron chi connectivity index (χ2n) is 3.02. The minimum absolute atomic E-state index is 0.952. The Labute approximate surface area is 117 Å². The van der Waals surface area contributed by atoms with Crippen LogP contribution < -0.4 is 0 Å². The maximum absolute atomic E-state index is 5.34. The molecule has 0 saturated carbocycles. The molecule has 1 aromatic rings. The van der Waals surface area contributed by atoms with Gasteiger partial charge < -0.3 is 0 Å². The standard InChI is InChI=1S/C12H14S4/c1-3-15-11(13)9-6-5-7-10(8-9)12(14)16-4-2/h5-8H,3-4H2,1-2H3. The zero-order valence-electron chi connectivity index (χ0n) is 9.36. The van der Waals surface area contributed by atoms with Gasteiger partial charge in [-0.1, -0.05) is 56.5 Å². The number of benzene rings is 1. The molecule has 0 aliphatic heterocycles. The lowest BCUT2D eigenvalue weighted by atomic mass is 10.2. The molecule has 86 valence electrons. The highest BCUT2D eigenvalue weighted by Gasteiger charge is 2.05. The van der Waals surface area contributed by atoms with E-state index in [1.807, 2.05) is 18.2 Å². The van der Waals surface area contributed by atoms with Crippen LogP contribution in [0.2, 0.25) is 0 Å².